The van der Waals surface area contributed by atoms with Crippen molar-refractivity contribution in [3.8, 4) is 22.9 Å². The lowest BCUT2D eigenvalue weighted by Crippen LogP contribution is -2.29. The maximum absolute atomic E-state index is 12.5. The van der Waals surface area contributed by atoms with Crippen molar-refractivity contribution in [3.63, 3.8) is 0 Å². The summed E-state index contributed by atoms with van der Waals surface area (Å²) in [6.45, 7) is 0.713. The fraction of sp³-hybridized carbons (Fsp3) is 0.357. The molecule has 0 aliphatic rings. The van der Waals surface area contributed by atoms with Crippen LogP contribution in [0.3, 0.4) is 0 Å². The van der Waals surface area contributed by atoms with Crippen molar-refractivity contribution in [1.29, 1.82) is 0 Å². The van der Waals surface area contributed by atoms with E-state index in [1.807, 2.05) is 13.8 Å². The third-order valence-electron chi connectivity index (χ3n) is 3.07. The third kappa shape index (κ3) is 4.20. The van der Waals surface area contributed by atoms with Gasteiger partial charge in [-0.05, 0) is 19.9 Å². The number of ether oxygens (including phenoxy) is 1. The Morgan fingerprint density at radius 1 is 1.20 bits per heavy atom. The highest BCUT2D eigenvalue weighted by Crippen LogP contribution is 2.46. The number of aromatic hydroxyl groups is 1. The summed E-state index contributed by atoms with van der Waals surface area (Å²) in [7, 11) is 1.39. The smallest absolute Gasteiger partial charge is 0.388 e. The number of hydrogen-bond donors (Lipinski definition) is 3. The number of aromatic nitrogens is 2. The molecule has 1 aromatic carbocycles. The molecule has 2 rings (SSSR count). The average Bonchev–Trinajstić information content (AvgIpc) is 2.79. The van der Waals surface area contributed by atoms with E-state index in [1.54, 1.807) is 0 Å². The number of anilines is 1. The molecule has 3 N–H and O–H groups in total. The molecular weight excluding hydrogens is 401 g/mol. The van der Waals surface area contributed by atoms with Gasteiger partial charge in [0.2, 0.25) is 5.88 Å². The predicted octanol–water partition coefficient (Wildman–Crippen LogP) is 4.68. The molecule has 25 heavy (non-hydrogen) atoms. The first-order valence-corrected chi connectivity index (χ1v) is 8.17. The summed E-state index contributed by atoms with van der Waals surface area (Å²) in [5.74, 6) is -0.723. The number of phenols is 1. The van der Waals surface area contributed by atoms with Crippen molar-refractivity contribution in [3.05, 3.63) is 21.1 Å². The van der Waals surface area contributed by atoms with Gasteiger partial charge in [0.05, 0.1) is 10.7 Å². The van der Waals surface area contributed by atoms with E-state index in [2.05, 4.69) is 20.7 Å². The van der Waals surface area contributed by atoms with Crippen molar-refractivity contribution < 1.29 is 18.6 Å². The lowest BCUT2D eigenvalue weighted by Gasteiger charge is -2.16. The molecule has 1 aromatic heterocycles. The molecule has 0 atom stereocenters. The molecule has 0 unspecified atom stereocenters. The van der Waals surface area contributed by atoms with Gasteiger partial charge in [-0.15, -0.1) is 0 Å². The molecule has 0 saturated carbocycles. The lowest BCUT2D eigenvalue weighted by molar-refractivity contribution is -0.0552. The van der Waals surface area contributed by atoms with E-state index in [-0.39, 0.29) is 38.2 Å². The monoisotopic (exact) mass is 414 g/mol. The van der Waals surface area contributed by atoms with Crippen LogP contribution in [0, 0.1) is 0 Å². The second kappa shape index (κ2) is 7.82. The van der Waals surface area contributed by atoms with Crippen LogP contribution in [0.2, 0.25) is 15.1 Å². The summed E-state index contributed by atoms with van der Waals surface area (Å²) >= 11 is 18.3. The first kappa shape index (κ1) is 19.8. The van der Waals surface area contributed by atoms with E-state index in [4.69, 9.17) is 34.8 Å². The first-order valence-electron chi connectivity index (χ1n) is 7.03. The number of nitrogens with zero attached hydrogens (tertiary/aromatic N) is 2. The van der Waals surface area contributed by atoms with Gasteiger partial charge in [-0.2, -0.15) is 13.9 Å². The molecule has 0 saturated heterocycles. The topological polar surface area (TPSA) is 71.3 Å². The third-order valence-corrected chi connectivity index (χ3v) is 4.17. The second-order valence-electron chi connectivity index (χ2n) is 5.34. The Morgan fingerprint density at radius 2 is 1.84 bits per heavy atom. The zero-order chi connectivity index (χ0) is 18.9. The minimum absolute atomic E-state index is 0.0157. The molecular formula is C14H15Cl3F2N4O2. The standard InChI is InChI=1S/C14H15Cl3F2N4O2/c1-5(2)20-21-7-4-6(8(15)12(24)9(7)16)11-10(17)13(23(3)22-11)25-14(18)19/h4-5,14,20-21,24H,1-3H3. The predicted molar refractivity (Wildman–Crippen MR) is 93.9 cm³/mol. The molecule has 0 fully saturated rings. The van der Waals surface area contributed by atoms with Gasteiger partial charge < -0.3 is 15.3 Å². The maximum Gasteiger partial charge on any atom is 0.388 e. The van der Waals surface area contributed by atoms with E-state index < -0.39 is 12.4 Å². The summed E-state index contributed by atoms with van der Waals surface area (Å²) in [5, 5.41) is 13.9. The Labute approximate surface area is 157 Å². The largest absolute Gasteiger partial charge is 0.505 e. The summed E-state index contributed by atoms with van der Waals surface area (Å²) in [6.07, 6.45) is 0. The van der Waals surface area contributed by atoms with Gasteiger partial charge >= 0.3 is 6.61 Å². The number of aryl methyl sites for hydroxylation is 1. The normalized spacial score (nSPS) is 11.4. The number of benzene rings is 1. The van der Waals surface area contributed by atoms with Gasteiger partial charge in [0, 0.05) is 18.7 Å². The Kier molecular flexibility index (Phi) is 6.21. The van der Waals surface area contributed by atoms with Crippen molar-refractivity contribution in [2.45, 2.75) is 26.5 Å². The molecule has 0 aliphatic heterocycles. The van der Waals surface area contributed by atoms with Crippen molar-refractivity contribution in [1.82, 2.24) is 15.2 Å². The van der Waals surface area contributed by atoms with E-state index in [0.29, 0.717) is 5.69 Å². The lowest BCUT2D eigenvalue weighted by atomic mass is 10.1. The quantitative estimate of drug-likeness (QED) is 0.598. The number of rotatable bonds is 6. The fourth-order valence-electron chi connectivity index (χ4n) is 1.98. The number of hydrogen-bond acceptors (Lipinski definition) is 5. The van der Waals surface area contributed by atoms with Crippen LogP contribution in [-0.4, -0.2) is 27.5 Å². The molecule has 6 nitrogen and oxygen atoms in total. The van der Waals surface area contributed by atoms with Gasteiger partial charge in [0.25, 0.3) is 0 Å². The molecule has 0 radical (unpaired) electrons. The molecule has 0 aliphatic carbocycles. The fourth-order valence-corrected chi connectivity index (χ4v) is 2.76. The Hall–Kier alpha value is -1.48. The molecule has 0 spiro atoms. The summed E-state index contributed by atoms with van der Waals surface area (Å²) in [5.41, 5.74) is 6.31. The number of hydrazine groups is 1. The molecule has 1 heterocycles. The van der Waals surface area contributed by atoms with Gasteiger partial charge in [-0.3, -0.25) is 0 Å². The Bertz CT molecular complexity index is 784. The van der Waals surface area contributed by atoms with E-state index in [0.717, 1.165) is 4.68 Å². The Balaban J connectivity index is 2.56. The van der Waals surface area contributed by atoms with Crippen LogP contribution in [0.25, 0.3) is 11.3 Å². The van der Waals surface area contributed by atoms with Crippen LogP contribution in [0.4, 0.5) is 14.5 Å². The second-order valence-corrected chi connectivity index (χ2v) is 6.48. The van der Waals surface area contributed by atoms with Crippen molar-refractivity contribution in [2.24, 2.45) is 7.05 Å². The number of alkyl halides is 2. The molecule has 0 bridgehead atoms. The highest BCUT2D eigenvalue weighted by atomic mass is 35.5. The van der Waals surface area contributed by atoms with Gasteiger partial charge in [-0.1, -0.05) is 34.8 Å². The van der Waals surface area contributed by atoms with Crippen LogP contribution >= 0.6 is 34.8 Å². The van der Waals surface area contributed by atoms with Crippen LogP contribution < -0.4 is 15.6 Å². The number of phenolic OH excluding ortho intramolecular Hbond substituents is 1. The summed E-state index contributed by atoms with van der Waals surface area (Å²) < 4.78 is 30.4. The van der Waals surface area contributed by atoms with Gasteiger partial charge in [0.1, 0.15) is 15.7 Å². The van der Waals surface area contributed by atoms with Gasteiger partial charge in [-0.25, -0.2) is 10.1 Å². The van der Waals surface area contributed by atoms with Gasteiger partial charge in [0.15, 0.2) is 5.75 Å². The van der Waals surface area contributed by atoms with E-state index in [9.17, 15) is 13.9 Å². The van der Waals surface area contributed by atoms with Crippen molar-refractivity contribution >= 4 is 40.5 Å². The zero-order valence-corrected chi connectivity index (χ0v) is 15.6. The molecule has 2 aromatic rings. The average molecular weight is 416 g/mol. The zero-order valence-electron chi connectivity index (χ0n) is 13.4. The molecule has 11 heteroatoms. The van der Waals surface area contributed by atoms with Crippen LogP contribution in [0.1, 0.15) is 13.8 Å². The van der Waals surface area contributed by atoms with Crippen LogP contribution in [0.15, 0.2) is 6.07 Å². The van der Waals surface area contributed by atoms with Crippen LogP contribution in [-0.2, 0) is 7.05 Å². The SMILES string of the molecule is CC(C)NNc1cc(-c2nn(C)c(OC(F)F)c2Cl)c(Cl)c(O)c1Cl. The molecule has 0 amide bonds. The number of halogens is 5. The number of nitrogens with one attached hydrogen (secondary N) is 2. The molecule has 138 valence electrons. The van der Waals surface area contributed by atoms with Crippen LogP contribution in [0.5, 0.6) is 11.6 Å². The minimum atomic E-state index is -3.07. The highest BCUT2D eigenvalue weighted by Gasteiger charge is 2.25. The maximum atomic E-state index is 12.5. The first-order chi connectivity index (χ1) is 11.6. The van der Waals surface area contributed by atoms with Crippen molar-refractivity contribution in [2.75, 3.05) is 5.43 Å². The summed E-state index contributed by atoms with van der Waals surface area (Å²) in [6, 6.07) is 1.56. The summed E-state index contributed by atoms with van der Waals surface area (Å²) in [4.78, 5) is 0. The highest BCUT2D eigenvalue weighted by molar-refractivity contribution is 6.41. The Morgan fingerprint density at radius 3 is 2.40 bits per heavy atom. The minimum Gasteiger partial charge on any atom is -0.505 e. The van der Waals surface area contributed by atoms with E-state index >= 15 is 0 Å². The van der Waals surface area contributed by atoms with E-state index in [1.165, 1.54) is 13.1 Å².